The molecule has 0 atom stereocenters. The van der Waals surface area contributed by atoms with Crippen LogP contribution in [0.4, 0.5) is 0 Å². The Morgan fingerprint density at radius 2 is 1.65 bits per heavy atom. The van der Waals surface area contributed by atoms with Crippen molar-refractivity contribution in [3.8, 4) is 16.9 Å². The summed E-state index contributed by atoms with van der Waals surface area (Å²) in [5.74, 6) is 0.939. The molecule has 2 nitrogen and oxygen atoms in total. The summed E-state index contributed by atoms with van der Waals surface area (Å²) in [6, 6.07) is 15.4. The molecule has 0 saturated carbocycles. The molecular weight excluding hydrogens is 246 g/mol. The number of ether oxygens (including phenoxy) is 1. The summed E-state index contributed by atoms with van der Waals surface area (Å²) in [6.07, 6.45) is 0. The fourth-order valence-corrected chi connectivity index (χ4v) is 2.16. The number of methoxy groups -OCH3 is 1. The van der Waals surface area contributed by atoms with Gasteiger partial charge in [-0.2, -0.15) is 0 Å². The highest BCUT2D eigenvalue weighted by Crippen LogP contribution is 2.27. The first-order chi connectivity index (χ1) is 9.60. The summed E-state index contributed by atoms with van der Waals surface area (Å²) in [6.45, 7) is 7.23. The molecule has 0 aliphatic rings. The Labute approximate surface area is 121 Å². The summed E-state index contributed by atoms with van der Waals surface area (Å²) in [5, 5.41) is 3.44. The number of hydrogen-bond donors (Lipinski definition) is 1. The molecule has 2 aromatic rings. The van der Waals surface area contributed by atoms with Crippen LogP contribution in [0.1, 0.15) is 25.0 Å². The molecule has 1 N–H and O–H groups in total. The van der Waals surface area contributed by atoms with Crippen molar-refractivity contribution in [2.75, 3.05) is 7.11 Å². The maximum absolute atomic E-state index is 5.45. The van der Waals surface area contributed by atoms with Crippen LogP contribution in [0.5, 0.6) is 5.75 Å². The van der Waals surface area contributed by atoms with Gasteiger partial charge in [-0.15, -0.1) is 0 Å². The third-order valence-electron chi connectivity index (χ3n) is 3.37. The van der Waals surface area contributed by atoms with Gasteiger partial charge in [0.1, 0.15) is 5.75 Å². The van der Waals surface area contributed by atoms with Crippen molar-refractivity contribution in [3.63, 3.8) is 0 Å². The highest BCUT2D eigenvalue weighted by Gasteiger charge is 2.06. The molecule has 106 valence electrons. The Morgan fingerprint density at radius 1 is 1.00 bits per heavy atom. The maximum Gasteiger partial charge on any atom is 0.123 e. The lowest BCUT2D eigenvalue weighted by Crippen LogP contribution is -2.22. The van der Waals surface area contributed by atoms with Crippen molar-refractivity contribution in [2.24, 2.45) is 0 Å². The molecule has 0 amide bonds. The van der Waals surface area contributed by atoms with Gasteiger partial charge >= 0.3 is 0 Å². The molecule has 0 radical (unpaired) electrons. The number of nitrogens with one attached hydrogen (secondary N) is 1. The first-order valence-corrected chi connectivity index (χ1v) is 7.07. The van der Waals surface area contributed by atoms with Crippen LogP contribution in [0.25, 0.3) is 11.1 Å². The van der Waals surface area contributed by atoms with Crippen molar-refractivity contribution in [1.29, 1.82) is 0 Å². The Hall–Kier alpha value is -1.80. The lowest BCUT2D eigenvalue weighted by molar-refractivity contribution is 0.406. The minimum Gasteiger partial charge on any atom is -0.496 e. The zero-order chi connectivity index (χ0) is 14.5. The third-order valence-corrected chi connectivity index (χ3v) is 3.37. The topological polar surface area (TPSA) is 21.3 Å². The van der Waals surface area contributed by atoms with Crippen LogP contribution >= 0.6 is 0 Å². The molecule has 0 bridgehead atoms. The Bertz CT molecular complexity index is 558. The van der Waals surface area contributed by atoms with Gasteiger partial charge in [0.25, 0.3) is 0 Å². The molecule has 2 rings (SSSR count). The molecule has 0 spiro atoms. The van der Waals surface area contributed by atoms with E-state index in [1.807, 2.05) is 6.07 Å². The van der Waals surface area contributed by atoms with Crippen LogP contribution in [0.2, 0.25) is 0 Å². The first kappa shape index (κ1) is 14.6. The second-order valence-corrected chi connectivity index (χ2v) is 5.43. The second kappa shape index (κ2) is 6.58. The average Bonchev–Trinajstić information content (AvgIpc) is 2.45. The van der Waals surface area contributed by atoms with E-state index in [4.69, 9.17) is 4.74 Å². The van der Waals surface area contributed by atoms with Gasteiger partial charge in [-0.3, -0.25) is 0 Å². The van der Waals surface area contributed by atoms with E-state index in [1.165, 1.54) is 22.3 Å². The SMILES string of the molecule is COc1ccc(-c2ccc(C)cc2)cc1CNC(C)C. The normalized spacial score (nSPS) is 10.8. The Balaban J connectivity index is 2.31. The van der Waals surface area contributed by atoms with Crippen molar-refractivity contribution < 1.29 is 4.74 Å². The molecule has 20 heavy (non-hydrogen) atoms. The largest absolute Gasteiger partial charge is 0.496 e. The van der Waals surface area contributed by atoms with Crippen LogP contribution in [0.3, 0.4) is 0 Å². The summed E-state index contributed by atoms with van der Waals surface area (Å²) in [5.41, 5.74) is 4.94. The maximum atomic E-state index is 5.45. The van der Waals surface area contributed by atoms with Crippen LogP contribution in [-0.2, 0) is 6.54 Å². The fraction of sp³-hybridized carbons (Fsp3) is 0.333. The van der Waals surface area contributed by atoms with E-state index in [2.05, 4.69) is 62.5 Å². The molecule has 0 aromatic heterocycles. The summed E-state index contributed by atoms with van der Waals surface area (Å²) < 4.78 is 5.45. The number of benzene rings is 2. The van der Waals surface area contributed by atoms with Crippen LogP contribution < -0.4 is 10.1 Å². The smallest absolute Gasteiger partial charge is 0.123 e. The molecule has 2 heteroatoms. The molecule has 0 aliphatic carbocycles. The minimum atomic E-state index is 0.461. The number of aryl methyl sites for hydroxylation is 1. The lowest BCUT2D eigenvalue weighted by Gasteiger charge is -2.13. The van der Waals surface area contributed by atoms with Gasteiger partial charge in [0.2, 0.25) is 0 Å². The van der Waals surface area contributed by atoms with Crippen molar-refractivity contribution in [3.05, 3.63) is 53.6 Å². The highest BCUT2D eigenvalue weighted by atomic mass is 16.5. The predicted octanol–water partition coefficient (Wildman–Crippen LogP) is 4.17. The Morgan fingerprint density at radius 3 is 2.25 bits per heavy atom. The van der Waals surface area contributed by atoms with E-state index in [-0.39, 0.29) is 0 Å². The highest BCUT2D eigenvalue weighted by molar-refractivity contribution is 5.66. The zero-order valence-corrected chi connectivity index (χ0v) is 12.7. The quantitative estimate of drug-likeness (QED) is 0.879. The molecule has 0 unspecified atom stereocenters. The molecule has 0 saturated heterocycles. The predicted molar refractivity (Wildman–Crippen MR) is 85.1 cm³/mol. The average molecular weight is 269 g/mol. The van der Waals surface area contributed by atoms with Crippen LogP contribution in [0.15, 0.2) is 42.5 Å². The van der Waals surface area contributed by atoms with Gasteiger partial charge < -0.3 is 10.1 Å². The van der Waals surface area contributed by atoms with Crippen molar-refractivity contribution >= 4 is 0 Å². The zero-order valence-electron chi connectivity index (χ0n) is 12.7. The van der Waals surface area contributed by atoms with Gasteiger partial charge in [-0.25, -0.2) is 0 Å². The summed E-state index contributed by atoms with van der Waals surface area (Å²) in [4.78, 5) is 0. The Kier molecular flexibility index (Phi) is 4.80. The monoisotopic (exact) mass is 269 g/mol. The first-order valence-electron chi connectivity index (χ1n) is 7.07. The fourth-order valence-electron chi connectivity index (χ4n) is 2.16. The molecule has 0 heterocycles. The number of hydrogen-bond acceptors (Lipinski definition) is 2. The van der Waals surface area contributed by atoms with Crippen LogP contribution in [-0.4, -0.2) is 13.2 Å². The van der Waals surface area contributed by atoms with Gasteiger partial charge in [-0.1, -0.05) is 49.7 Å². The van der Waals surface area contributed by atoms with Gasteiger partial charge in [0.05, 0.1) is 7.11 Å². The third kappa shape index (κ3) is 3.61. The molecule has 2 aromatic carbocycles. The van der Waals surface area contributed by atoms with Crippen molar-refractivity contribution in [1.82, 2.24) is 5.32 Å². The van der Waals surface area contributed by atoms with E-state index in [9.17, 15) is 0 Å². The van der Waals surface area contributed by atoms with E-state index < -0.39 is 0 Å². The standard InChI is InChI=1S/C18H23NO/c1-13(2)19-12-17-11-16(9-10-18(17)20-4)15-7-5-14(3)6-8-15/h5-11,13,19H,12H2,1-4H3. The van der Waals surface area contributed by atoms with E-state index in [1.54, 1.807) is 7.11 Å². The summed E-state index contributed by atoms with van der Waals surface area (Å²) >= 11 is 0. The van der Waals surface area contributed by atoms with Crippen LogP contribution in [0, 0.1) is 6.92 Å². The van der Waals surface area contributed by atoms with Gasteiger partial charge in [-0.05, 0) is 30.2 Å². The summed E-state index contributed by atoms with van der Waals surface area (Å²) in [7, 11) is 1.72. The minimum absolute atomic E-state index is 0.461. The van der Waals surface area contributed by atoms with Crippen molar-refractivity contribution in [2.45, 2.75) is 33.4 Å². The second-order valence-electron chi connectivity index (χ2n) is 5.43. The van der Waals surface area contributed by atoms with E-state index >= 15 is 0 Å². The molecule has 0 fully saturated rings. The molecular formula is C18H23NO. The number of rotatable bonds is 5. The molecule has 0 aliphatic heterocycles. The van der Waals surface area contributed by atoms with E-state index in [0.29, 0.717) is 6.04 Å². The van der Waals surface area contributed by atoms with Gasteiger partial charge in [0.15, 0.2) is 0 Å². The van der Waals surface area contributed by atoms with Gasteiger partial charge in [0, 0.05) is 18.2 Å². The van der Waals surface area contributed by atoms with E-state index in [0.717, 1.165) is 12.3 Å². The lowest BCUT2D eigenvalue weighted by atomic mass is 10.0.